The van der Waals surface area contributed by atoms with E-state index in [-0.39, 0.29) is 12.5 Å². The van der Waals surface area contributed by atoms with E-state index in [9.17, 15) is 30.3 Å². The fraction of sp³-hybridized carbons (Fsp3) is 0.861. The minimum absolute atomic E-state index is 0.144. The number of carbonyl (C=O) groups is 1. The smallest absolute Gasteiger partial charge is 0.220 e. The number of allylic oxidation sites excluding steroid dienone is 4. The van der Waals surface area contributed by atoms with E-state index in [2.05, 4.69) is 43.5 Å². The van der Waals surface area contributed by atoms with Crippen molar-refractivity contribution in [3.63, 3.8) is 0 Å². The van der Waals surface area contributed by atoms with Crippen LogP contribution in [0, 0.1) is 0 Å². The molecular formula is C36H67NO8. The summed E-state index contributed by atoms with van der Waals surface area (Å²) in [5.41, 5.74) is 0. The van der Waals surface area contributed by atoms with Gasteiger partial charge in [0.2, 0.25) is 5.91 Å². The Morgan fingerprint density at radius 2 is 1.33 bits per heavy atom. The van der Waals surface area contributed by atoms with E-state index < -0.39 is 49.5 Å². The number of hydrogen-bond acceptors (Lipinski definition) is 8. The largest absolute Gasteiger partial charge is 0.394 e. The number of aliphatic hydroxyl groups is 5. The molecular weight excluding hydrogens is 574 g/mol. The van der Waals surface area contributed by atoms with E-state index >= 15 is 0 Å². The second-order valence-electron chi connectivity index (χ2n) is 12.7. The van der Waals surface area contributed by atoms with E-state index in [1.54, 1.807) is 0 Å². The first-order valence-corrected chi connectivity index (χ1v) is 18.0. The summed E-state index contributed by atoms with van der Waals surface area (Å²) in [6, 6.07) is -0.720. The van der Waals surface area contributed by atoms with Gasteiger partial charge in [-0.25, -0.2) is 0 Å². The Bertz CT molecular complexity index is 761. The zero-order valence-electron chi connectivity index (χ0n) is 28.4. The molecule has 264 valence electrons. The van der Waals surface area contributed by atoms with Crippen molar-refractivity contribution >= 4 is 5.91 Å². The molecule has 1 rings (SSSR count). The molecule has 1 aliphatic heterocycles. The van der Waals surface area contributed by atoms with Crippen LogP contribution in [0.5, 0.6) is 0 Å². The maximum atomic E-state index is 12.8. The Labute approximate surface area is 273 Å². The van der Waals surface area contributed by atoms with Gasteiger partial charge in [-0.1, -0.05) is 122 Å². The summed E-state index contributed by atoms with van der Waals surface area (Å²) in [4.78, 5) is 12.8. The molecule has 1 amide bonds. The summed E-state index contributed by atoms with van der Waals surface area (Å²) in [5.74, 6) is -0.165. The van der Waals surface area contributed by atoms with Crippen molar-refractivity contribution in [1.82, 2.24) is 5.32 Å². The van der Waals surface area contributed by atoms with E-state index in [0.717, 1.165) is 64.2 Å². The number of carbonyl (C=O) groups excluding carboxylic acids is 1. The molecule has 0 aromatic rings. The molecule has 0 bridgehead atoms. The van der Waals surface area contributed by atoms with Crippen LogP contribution < -0.4 is 5.32 Å². The molecule has 9 nitrogen and oxygen atoms in total. The molecule has 0 aliphatic carbocycles. The molecule has 0 aromatic carbocycles. The van der Waals surface area contributed by atoms with E-state index in [0.29, 0.717) is 12.8 Å². The van der Waals surface area contributed by atoms with E-state index in [1.807, 2.05) is 0 Å². The van der Waals surface area contributed by atoms with Crippen molar-refractivity contribution in [3.05, 3.63) is 24.3 Å². The number of aliphatic hydroxyl groups excluding tert-OH is 5. The minimum atomic E-state index is -1.55. The summed E-state index contributed by atoms with van der Waals surface area (Å²) in [6.07, 6.45) is 21.9. The van der Waals surface area contributed by atoms with Gasteiger partial charge in [0.05, 0.1) is 25.4 Å². The standard InChI is InChI=1S/C36H67NO8/c1-3-5-7-9-11-13-14-15-16-17-18-20-22-24-26-32(40)37-29(30(39)25-23-21-19-12-10-8-6-4-2)28-44-36-35(43)34(42)33(41)31(27-38)45-36/h9,11,14-15,29-31,33-36,38-39,41-43H,3-8,10,12-13,16-28H2,1-2H3,(H,37,40)/b11-9-,15-14-. The highest BCUT2D eigenvalue weighted by Crippen LogP contribution is 2.23. The number of hydrogen-bond donors (Lipinski definition) is 6. The number of unbranched alkanes of at least 4 members (excludes halogenated alkanes) is 14. The first-order chi connectivity index (χ1) is 21.8. The van der Waals surface area contributed by atoms with Crippen molar-refractivity contribution in [1.29, 1.82) is 0 Å². The maximum absolute atomic E-state index is 12.8. The molecule has 45 heavy (non-hydrogen) atoms. The lowest BCUT2D eigenvalue weighted by atomic mass is 9.99. The molecule has 0 spiro atoms. The van der Waals surface area contributed by atoms with Crippen molar-refractivity contribution in [2.24, 2.45) is 0 Å². The molecule has 1 heterocycles. The van der Waals surface area contributed by atoms with Crippen LogP contribution in [-0.2, 0) is 14.3 Å². The van der Waals surface area contributed by atoms with Crippen LogP contribution in [0.3, 0.4) is 0 Å². The molecule has 6 N–H and O–H groups in total. The second-order valence-corrected chi connectivity index (χ2v) is 12.7. The quantitative estimate of drug-likeness (QED) is 0.0478. The summed E-state index contributed by atoms with van der Waals surface area (Å²) in [6.45, 7) is 3.71. The number of amides is 1. The van der Waals surface area contributed by atoms with Crippen LogP contribution in [0.25, 0.3) is 0 Å². The van der Waals surface area contributed by atoms with Gasteiger partial charge in [0.25, 0.3) is 0 Å². The van der Waals surface area contributed by atoms with Crippen LogP contribution in [0.1, 0.15) is 142 Å². The third-order valence-corrected chi connectivity index (χ3v) is 8.56. The van der Waals surface area contributed by atoms with Gasteiger partial charge in [0.15, 0.2) is 6.29 Å². The Hall–Kier alpha value is -1.33. The second kappa shape index (κ2) is 27.8. The third kappa shape index (κ3) is 19.8. The Balaban J connectivity index is 2.44. The highest BCUT2D eigenvalue weighted by atomic mass is 16.7. The third-order valence-electron chi connectivity index (χ3n) is 8.56. The van der Waals surface area contributed by atoms with Gasteiger partial charge in [0, 0.05) is 6.42 Å². The average Bonchev–Trinajstić information content (AvgIpc) is 3.04. The lowest BCUT2D eigenvalue weighted by molar-refractivity contribution is -0.302. The van der Waals surface area contributed by atoms with Gasteiger partial charge < -0.3 is 40.3 Å². The Morgan fingerprint density at radius 1 is 0.756 bits per heavy atom. The van der Waals surface area contributed by atoms with Gasteiger partial charge in [0.1, 0.15) is 24.4 Å². The zero-order valence-corrected chi connectivity index (χ0v) is 28.4. The van der Waals surface area contributed by atoms with Crippen molar-refractivity contribution in [3.8, 4) is 0 Å². The van der Waals surface area contributed by atoms with Crippen LogP contribution in [0.2, 0.25) is 0 Å². The topological polar surface area (TPSA) is 149 Å². The highest BCUT2D eigenvalue weighted by Gasteiger charge is 2.44. The van der Waals surface area contributed by atoms with Crippen molar-refractivity contribution < 1.29 is 39.8 Å². The molecule has 0 radical (unpaired) electrons. The summed E-state index contributed by atoms with van der Waals surface area (Å²) < 4.78 is 11.1. The number of ether oxygens (including phenoxy) is 2. The summed E-state index contributed by atoms with van der Waals surface area (Å²) in [5, 5.41) is 53.8. The predicted molar refractivity (Wildman–Crippen MR) is 180 cm³/mol. The highest BCUT2D eigenvalue weighted by molar-refractivity contribution is 5.76. The van der Waals surface area contributed by atoms with Crippen LogP contribution in [0.4, 0.5) is 0 Å². The van der Waals surface area contributed by atoms with Crippen molar-refractivity contribution in [2.45, 2.75) is 185 Å². The SMILES string of the molecule is CCCC/C=C\C/C=C\CCCCCCCC(=O)NC(COC1OC(CO)C(O)C(O)C1O)C(O)CCCCCCCCCC. The molecule has 1 aliphatic rings. The van der Waals surface area contributed by atoms with Gasteiger partial charge in [-0.05, 0) is 38.5 Å². The lowest BCUT2D eigenvalue weighted by Crippen LogP contribution is -2.60. The molecule has 1 saturated heterocycles. The summed E-state index contributed by atoms with van der Waals surface area (Å²) in [7, 11) is 0. The number of nitrogens with one attached hydrogen (secondary N) is 1. The molecule has 7 unspecified atom stereocenters. The Morgan fingerprint density at radius 3 is 1.98 bits per heavy atom. The van der Waals surface area contributed by atoms with Gasteiger partial charge in [-0.3, -0.25) is 4.79 Å². The molecule has 0 saturated carbocycles. The Kier molecular flexibility index (Phi) is 25.7. The van der Waals surface area contributed by atoms with E-state index in [4.69, 9.17) is 9.47 Å². The van der Waals surface area contributed by atoms with Gasteiger partial charge in [-0.2, -0.15) is 0 Å². The van der Waals surface area contributed by atoms with E-state index in [1.165, 1.54) is 51.4 Å². The van der Waals surface area contributed by atoms with Gasteiger partial charge >= 0.3 is 0 Å². The fourth-order valence-electron chi connectivity index (χ4n) is 5.53. The van der Waals surface area contributed by atoms with Gasteiger partial charge in [-0.15, -0.1) is 0 Å². The van der Waals surface area contributed by atoms with Crippen molar-refractivity contribution in [2.75, 3.05) is 13.2 Å². The molecule has 9 heteroatoms. The van der Waals surface area contributed by atoms with Crippen LogP contribution >= 0.6 is 0 Å². The predicted octanol–water partition coefficient (Wildman–Crippen LogP) is 5.60. The monoisotopic (exact) mass is 641 g/mol. The lowest BCUT2D eigenvalue weighted by Gasteiger charge is -2.40. The minimum Gasteiger partial charge on any atom is -0.394 e. The maximum Gasteiger partial charge on any atom is 0.220 e. The molecule has 7 atom stereocenters. The fourth-order valence-corrected chi connectivity index (χ4v) is 5.53. The average molecular weight is 642 g/mol. The zero-order chi connectivity index (χ0) is 33.1. The van der Waals surface area contributed by atoms with Crippen LogP contribution in [0.15, 0.2) is 24.3 Å². The molecule has 1 fully saturated rings. The normalized spacial score (nSPS) is 23.6. The first kappa shape index (κ1) is 41.7. The first-order valence-electron chi connectivity index (χ1n) is 18.0. The van der Waals surface area contributed by atoms with Crippen LogP contribution in [-0.4, -0.2) is 87.5 Å². The molecule has 0 aromatic heterocycles. The summed E-state index contributed by atoms with van der Waals surface area (Å²) >= 11 is 0. The number of rotatable bonds is 28.